The van der Waals surface area contributed by atoms with E-state index in [1.807, 2.05) is 13.0 Å². The van der Waals surface area contributed by atoms with Crippen LogP contribution < -0.4 is 10.6 Å². The topological polar surface area (TPSA) is 75.6 Å². The van der Waals surface area contributed by atoms with Crippen LogP contribution in [-0.4, -0.2) is 26.7 Å². The highest BCUT2D eigenvalue weighted by atomic mass is 32.1. The summed E-state index contributed by atoms with van der Waals surface area (Å²) in [6, 6.07) is 2.34. The first-order valence-corrected chi connectivity index (χ1v) is 7.31. The molecule has 1 aliphatic heterocycles. The first-order valence-electron chi connectivity index (χ1n) is 6.43. The van der Waals surface area contributed by atoms with Crippen LogP contribution in [0.3, 0.4) is 0 Å². The Kier molecular flexibility index (Phi) is 3.65. The summed E-state index contributed by atoms with van der Waals surface area (Å²) in [5.41, 5.74) is 2.75. The van der Waals surface area contributed by atoms with Crippen LogP contribution in [0.2, 0.25) is 0 Å². The number of hydrogen-bond donors (Lipinski definition) is 2. The van der Waals surface area contributed by atoms with Gasteiger partial charge in [-0.3, -0.25) is 0 Å². The van der Waals surface area contributed by atoms with Gasteiger partial charge in [0.1, 0.15) is 17.2 Å². The molecule has 100 valence electrons. The Morgan fingerprint density at radius 1 is 1.37 bits per heavy atom. The minimum Gasteiger partial charge on any atom is -0.315 e. The lowest BCUT2D eigenvalue weighted by Crippen LogP contribution is -2.27. The van der Waals surface area contributed by atoms with Crippen LogP contribution in [0.1, 0.15) is 36.8 Å². The zero-order valence-electron chi connectivity index (χ0n) is 10.8. The second-order valence-corrected chi connectivity index (χ2v) is 5.43. The SMILES string of the molecule is Cc1nc(Nc2nncs2)cc([C@H]2CCCCN2)n1. The Balaban J connectivity index is 1.82. The third kappa shape index (κ3) is 3.05. The van der Waals surface area contributed by atoms with Gasteiger partial charge in [0.25, 0.3) is 0 Å². The lowest BCUT2D eigenvalue weighted by molar-refractivity contribution is 0.404. The molecule has 2 N–H and O–H groups in total. The van der Waals surface area contributed by atoms with Crippen LogP contribution in [0, 0.1) is 6.92 Å². The Hall–Kier alpha value is -1.60. The maximum atomic E-state index is 4.54. The quantitative estimate of drug-likeness (QED) is 0.895. The largest absolute Gasteiger partial charge is 0.315 e. The molecular weight excluding hydrogens is 260 g/mol. The Morgan fingerprint density at radius 2 is 2.32 bits per heavy atom. The summed E-state index contributed by atoms with van der Waals surface area (Å²) in [5.74, 6) is 1.56. The zero-order valence-corrected chi connectivity index (χ0v) is 11.6. The van der Waals surface area contributed by atoms with E-state index in [1.165, 1.54) is 24.2 Å². The standard InChI is InChI=1S/C12H16N6S/c1-8-15-10(9-4-2-3-5-13-9)6-11(16-8)17-12-18-14-7-19-12/h6-7,9,13H,2-5H2,1H3,(H,15,16,17,18)/t9-/m1/s1. The summed E-state index contributed by atoms with van der Waals surface area (Å²) in [5, 5.41) is 15.2. The molecule has 1 aliphatic rings. The van der Waals surface area contributed by atoms with Crippen molar-refractivity contribution in [1.82, 2.24) is 25.5 Å². The third-order valence-electron chi connectivity index (χ3n) is 3.12. The molecule has 1 atom stereocenters. The Bertz CT molecular complexity index is 535. The molecule has 6 nitrogen and oxygen atoms in total. The summed E-state index contributed by atoms with van der Waals surface area (Å²) >= 11 is 1.46. The molecule has 2 aromatic heterocycles. The van der Waals surface area contributed by atoms with E-state index in [4.69, 9.17) is 0 Å². The van der Waals surface area contributed by atoms with Gasteiger partial charge in [-0.05, 0) is 26.3 Å². The van der Waals surface area contributed by atoms with Crippen molar-refractivity contribution in [3.8, 4) is 0 Å². The van der Waals surface area contributed by atoms with Gasteiger partial charge >= 0.3 is 0 Å². The van der Waals surface area contributed by atoms with Crippen LogP contribution in [0.25, 0.3) is 0 Å². The zero-order chi connectivity index (χ0) is 13.1. The van der Waals surface area contributed by atoms with Gasteiger partial charge in [-0.15, -0.1) is 10.2 Å². The highest BCUT2D eigenvalue weighted by Crippen LogP contribution is 2.24. The number of rotatable bonds is 3. The fourth-order valence-corrected chi connectivity index (χ4v) is 2.73. The predicted molar refractivity (Wildman–Crippen MR) is 74.6 cm³/mol. The van der Waals surface area contributed by atoms with Crippen LogP contribution in [0.4, 0.5) is 10.9 Å². The van der Waals surface area contributed by atoms with Crippen molar-refractivity contribution in [2.75, 3.05) is 11.9 Å². The van der Waals surface area contributed by atoms with Crippen LogP contribution in [0.15, 0.2) is 11.6 Å². The van der Waals surface area contributed by atoms with Gasteiger partial charge in [0, 0.05) is 12.1 Å². The number of nitrogens with one attached hydrogen (secondary N) is 2. The summed E-state index contributed by atoms with van der Waals surface area (Å²) in [4.78, 5) is 8.93. The third-order valence-corrected chi connectivity index (χ3v) is 3.73. The number of hydrogen-bond acceptors (Lipinski definition) is 7. The van der Waals surface area contributed by atoms with E-state index < -0.39 is 0 Å². The molecule has 3 rings (SSSR count). The second kappa shape index (κ2) is 5.58. The number of piperidine rings is 1. The predicted octanol–water partition coefficient (Wildman–Crippen LogP) is 2.19. The highest BCUT2D eigenvalue weighted by molar-refractivity contribution is 7.13. The first-order chi connectivity index (χ1) is 9.31. The van der Waals surface area contributed by atoms with Gasteiger partial charge in [-0.2, -0.15) is 0 Å². The molecule has 1 fully saturated rings. The Morgan fingerprint density at radius 3 is 3.05 bits per heavy atom. The van der Waals surface area contributed by atoms with Crippen LogP contribution in [0.5, 0.6) is 0 Å². The lowest BCUT2D eigenvalue weighted by atomic mass is 10.0. The minimum absolute atomic E-state index is 0.338. The maximum absolute atomic E-state index is 4.54. The van der Waals surface area contributed by atoms with Crippen molar-refractivity contribution < 1.29 is 0 Å². The van der Waals surface area contributed by atoms with Crippen LogP contribution >= 0.6 is 11.3 Å². The van der Waals surface area contributed by atoms with Crippen molar-refractivity contribution in [2.45, 2.75) is 32.2 Å². The van der Waals surface area contributed by atoms with Crippen molar-refractivity contribution >= 4 is 22.3 Å². The van der Waals surface area contributed by atoms with Gasteiger partial charge in [-0.1, -0.05) is 17.8 Å². The molecule has 19 heavy (non-hydrogen) atoms. The second-order valence-electron chi connectivity index (χ2n) is 4.60. The average molecular weight is 276 g/mol. The van der Waals surface area contributed by atoms with E-state index in [0.717, 1.165) is 35.4 Å². The molecule has 0 bridgehead atoms. The normalized spacial score (nSPS) is 19.3. The summed E-state index contributed by atoms with van der Waals surface area (Å²) in [6.45, 7) is 2.98. The van der Waals surface area contributed by atoms with E-state index in [0.29, 0.717) is 6.04 Å². The number of nitrogens with zero attached hydrogens (tertiary/aromatic N) is 4. The van der Waals surface area contributed by atoms with E-state index in [-0.39, 0.29) is 0 Å². The van der Waals surface area contributed by atoms with Gasteiger partial charge in [-0.25, -0.2) is 9.97 Å². The summed E-state index contributed by atoms with van der Waals surface area (Å²) < 4.78 is 0. The molecular formula is C12H16N6S. The molecule has 0 radical (unpaired) electrons. The smallest absolute Gasteiger partial charge is 0.210 e. The molecule has 0 amide bonds. The molecule has 0 spiro atoms. The first kappa shape index (κ1) is 12.4. The van der Waals surface area contributed by atoms with E-state index >= 15 is 0 Å². The summed E-state index contributed by atoms with van der Waals surface area (Å²) in [7, 11) is 0. The minimum atomic E-state index is 0.338. The van der Waals surface area contributed by atoms with E-state index in [1.54, 1.807) is 5.51 Å². The van der Waals surface area contributed by atoms with Gasteiger partial charge in [0.2, 0.25) is 5.13 Å². The number of aromatic nitrogens is 4. The van der Waals surface area contributed by atoms with Gasteiger partial charge < -0.3 is 10.6 Å². The number of aryl methyl sites for hydroxylation is 1. The monoisotopic (exact) mass is 276 g/mol. The average Bonchev–Trinajstić information content (AvgIpc) is 2.92. The molecule has 2 aromatic rings. The van der Waals surface area contributed by atoms with Gasteiger partial charge in [0.05, 0.1) is 5.69 Å². The van der Waals surface area contributed by atoms with Gasteiger partial charge in [0.15, 0.2) is 0 Å². The van der Waals surface area contributed by atoms with Crippen molar-refractivity contribution in [2.24, 2.45) is 0 Å². The van der Waals surface area contributed by atoms with Crippen molar-refractivity contribution in [3.05, 3.63) is 23.1 Å². The van der Waals surface area contributed by atoms with E-state index in [9.17, 15) is 0 Å². The fourth-order valence-electron chi connectivity index (χ4n) is 2.27. The van der Waals surface area contributed by atoms with Crippen molar-refractivity contribution in [3.63, 3.8) is 0 Å². The molecule has 0 saturated carbocycles. The van der Waals surface area contributed by atoms with Crippen LogP contribution in [-0.2, 0) is 0 Å². The molecule has 1 saturated heterocycles. The fraction of sp³-hybridized carbons (Fsp3) is 0.500. The Labute approximate surface area is 115 Å². The van der Waals surface area contributed by atoms with Crippen molar-refractivity contribution in [1.29, 1.82) is 0 Å². The highest BCUT2D eigenvalue weighted by Gasteiger charge is 2.17. The lowest BCUT2D eigenvalue weighted by Gasteiger charge is -2.23. The summed E-state index contributed by atoms with van der Waals surface area (Å²) in [6.07, 6.45) is 3.63. The molecule has 3 heterocycles. The molecule has 0 aromatic carbocycles. The van der Waals surface area contributed by atoms with E-state index in [2.05, 4.69) is 30.8 Å². The molecule has 0 aliphatic carbocycles. The molecule has 0 unspecified atom stereocenters. The maximum Gasteiger partial charge on any atom is 0.210 e. The molecule has 7 heteroatoms. The number of anilines is 2.